The number of ether oxygens (including phenoxy) is 1. The Morgan fingerprint density at radius 3 is 2.79 bits per heavy atom. The summed E-state index contributed by atoms with van der Waals surface area (Å²) in [6, 6.07) is 10.2. The molecule has 19 heavy (non-hydrogen) atoms. The maximum absolute atomic E-state index is 11.6. The van der Waals surface area contributed by atoms with Gasteiger partial charge in [-0.25, -0.2) is 0 Å². The molecule has 0 spiro atoms. The highest BCUT2D eigenvalue weighted by Gasteiger charge is 2.23. The maximum atomic E-state index is 11.6. The molecule has 1 aromatic carbocycles. The lowest BCUT2D eigenvalue weighted by molar-refractivity contribution is -0.122. The van der Waals surface area contributed by atoms with E-state index >= 15 is 0 Å². The Morgan fingerprint density at radius 1 is 1.26 bits per heavy atom. The van der Waals surface area contributed by atoms with Crippen molar-refractivity contribution >= 4 is 5.91 Å². The summed E-state index contributed by atoms with van der Waals surface area (Å²) in [6.45, 7) is 4.32. The Kier molecular flexibility index (Phi) is 5.40. The Hall–Kier alpha value is -1.35. The number of hydrogen-bond donors (Lipinski definition) is 1. The molecular weight excluding hydrogens is 238 g/mol. The highest BCUT2D eigenvalue weighted by molar-refractivity contribution is 5.76. The lowest BCUT2D eigenvalue weighted by atomic mass is 9.92. The molecule has 0 saturated carbocycles. The van der Waals surface area contributed by atoms with Gasteiger partial charge in [-0.15, -0.1) is 0 Å². The highest BCUT2D eigenvalue weighted by atomic mass is 16.5. The van der Waals surface area contributed by atoms with E-state index in [4.69, 9.17) is 4.74 Å². The lowest BCUT2D eigenvalue weighted by Gasteiger charge is -2.17. The molecule has 1 aromatic rings. The van der Waals surface area contributed by atoms with Crippen LogP contribution in [0.25, 0.3) is 0 Å². The molecule has 1 amide bonds. The van der Waals surface area contributed by atoms with Gasteiger partial charge in [0.25, 0.3) is 0 Å². The standard InChI is InChI=1S/C16H23NO2/c1-2-13-8-15(9-16(18)17-10-13)12-19-11-14-6-4-3-5-7-14/h3-7,13,15H,2,8-12H2,1H3,(H,17,18)/t13-,15-/m1/s1. The second-order valence-electron chi connectivity index (χ2n) is 5.38. The number of nitrogens with one attached hydrogen (secondary N) is 1. The summed E-state index contributed by atoms with van der Waals surface area (Å²) < 4.78 is 5.78. The first-order valence-corrected chi connectivity index (χ1v) is 7.16. The van der Waals surface area contributed by atoms with Crippen LogP contribution in [0.5, 0.6) is 0 Å². The van der Waals surface area contributed by atoms with Crippen LogP contribution in [0.15, 0.2) is 30.3 Å². The van der Waals surface area contributed by atoms with E-state index in [-0.39, 0.29) is 5.91 Å². The quantitative estimate of drug-likeness (QED) is 0.885. The van der Waals surface area contributed by atoms with Crippen molar-refractivity contribution in [2.45, 2.75) is 32.8 Å². The number of hydrogen-bond acceptors (Lipinski definition) is 2. The van der Waals surface area contributed by atoms with Crippen molar-refractivity contribution in [3.8, 4) is 0 Å². The predicted molar refractivity (Wildman–Crippen MR) is 75.6 cm³/mol. The van der Waals surface area contributed by atoms with E-state index in [1.807, 2.05) is 18.2 Å². The van der Waals surface area contributed by atoms with Crippen LogP contribution in [0.1, 0.15) is 31.7 Å². The molecule has 0 bridgehead atoms. The summed E-state index contributed by atoms with van der Waals surface area (Å²) in [5.74, 6) is 1.12. The fourth-order valence-corrected chi connectivity index (χ4v) is 2.59. The zero-order chi connectivity index (χ0) is 13.5. The smallest absolute Gasteiger partial charge is 0.220 e. The van der Waals surface area contributed by atoms with E-state index in [0.717, 1.165) is 19.4 Å². The summed E-state index contributed by atoms with van der Waals surface area (Å²) in [6.07, 6.45) is 2.81. The van der Waals surface area contributed by atoms with Crippen molar-refractivity contribution in [3.05, 3.63) is 35.9 Å². The van der Waals surface area contributed by atoms with E-state index in [1.54, 1.807) is 0 Å². The Labute approximate surface area is 115 Å². The molecule has 0 aromatic heterocycles. The van der Waals surface area contributed by atoms with Crippen LogP contribution in [0, 0.1) is 11.8 Å². The van der Waals surface area contributed by atoms with Crippen LogP contribution >= 0.6 is 0 Å². The zero-order valence-corrected chi connectivity index (χ0v) is 11.6. The van der Waals surface area contributed by atoms with Gasteiger partial charge in [0.1, 0.15) is 0 Å². The van der Waals surface area contributed by atoms with E-state index in [0.29, 0.717) is 31.5 Å². The molecule has 1 heterocycles. The van der Waals surface area contributed by atoms with Crippen molar-refractivity contribution < 1.29 is 9.53 Å². The number of carbonyl (C=O) groups is 1. The van der Waals surface area contributed by atoms with E-state index < -0.39 is 0 Å². The van der Waals surface area contributed by atoms with Crippen LogP contribution in [-0.2, 0) is 16.1 Å². The molecule has 1 N–H and O–H groups in total. The van der Waals surface area contributed by atoms with E-state index in [2.05, 4.69) is 24.4 Å². The summed E-state index contributed by atoms with van der Waals surface area (Å²) >= 11 is 0. The zero-order valence-electron chi connectivity index (χ0n) is 11.6. The topological polar surface area (TPSA) is 38.3 Å². The molecule has 1 saturated heterocycles. The Balaban J connectivity index is 1.79. The third kappa shape index (κ3) is 4.67. The fraction of sp³-hybridized carbons (Fsp3) is 0.562. The van der Waals surface area contributed by atoms with Gasteiger partial charge in [-0.05, 0) is 23.8 Å². The predicted octanol–water partition coefficient (Wildman–Crippen LogP) is 2.76. The van der Waals surface area contributed by atoms with Gasteiger partial charge in [0, 0.05) is 13.0 Å². The molecule has 2 rings (SSSR count). The first-order valence-electron chi connectivity index (χ1n) is 7.16. The van der Waals surface area contributed by atoms with Gasteiger partial charge in [-0.2, -0.15) is 0 Å². The minimum absolute atomic E-state index is 0.171. The summed E-state index contributed by atoms with van der Waals surface area (Å²) in [5, 5.41) is 2.99. The normalized spacial score (nSPS) is 23.7. The number of rotatable bonds is 5. The minimum Gasteiger partial charge on any atom is -0.376 e. The number of benzene rings is 1. The number of amides is 1. The van der Waals surface area contributed by atoms with Crippen LogP contribution in [-0.4, -0.2) is 19.1 Å². The molecular formula is C16H23NO2. The van der Waals surface area contributed by atoms with E-state index in [1.165, 1.54) is 5.56 Å². The van der Waals surface area contributed by atoms with Gasteiger partial charge in [0.05, 0.1) is 13.2 Å². The van der Waals surface area contributed by atoms with Crippen LogP contribution < -0.4 is 5.32 Å². The fourth-order valence-electron chi connectivity index (χ4n) is 2.59. The lowest BCUT2D eigenvalue weighted by Crippen LogP contribution is -2.25. The molecule has 1 fully saturated rings. The van der Waals surface area contributed by atoms with Crippen molar-refractivity contribution in [2.24, 2.45) is 11.8 Å². The molecule has 0 radical (unpaired) electrons. The minimum atomic E-state index is 0.171. The second kappa shape index (κ2) is 7.29. The van der Waals surface area contributed by atoms with Crippen molar-refractivity contribution in [1.29, 1.82) is 0 Å². The number of carbonyl (C=O) groups excluding carboxylic acids is 1. The first kappa shape index (κ1) is 14.1. The molecule has 3 nitrogen and oxygen atoms in total. The van der Waals surface area contributed by atoms with Gasteiger partial charge in [0.15, 0.2) is 0 Å². The SMILES string of the molecule is CC[C@H]1CNC(=O)C[C@H](COCc2ccccc2)C1. The first-order chi connectivity index (χ1) is 9.28. The van der Waals surface area contributed by atoms with Gasteiger partial charge < -0.3 is 10.1 Å². The van der Waals surface area contributed by atoms with Gasteiger partial charge in [-0.1, -0.05) is 43.7 Å². The highest BCUT2D eigenvalue weighted by Crippen LogP contribution is 2.22. The summed E-state index contributed by atoms with van der Waals surface area (Å²) in [4.78, 5) is 11.6. The molecule has 104 valence electrons. The second-order valence-corrected chi connectivity index (χ2v) is 5.38. The summed E-state index contributed by atoms with van der Waals surface area (Å²) in [7, 11) is 0. The average Bonchev–Trinajstić information content (AvgIpc) is 2.61. The average molecular weight is 261 g/mol. The third-order valence-corrected chi connectivity index (χ3v) is 3.77. The van der Waals surface area contributed by atoms with E-state index in [9.17, 15) is 4.79 Å². The van der Waals surface area contributed by atoms with Crippen LogP contribution in [0.2, 0.25) is 0 Å². The molecule has 0 unspecified atom stereocenters. The third-order valence-electron chi connectivity index (χ3n) is 3.77. The molecule has 1 aliphatic rings. The van der Waals surface area contributed by atoms with Gasteiger partial charge in [-0.3, -0.25) is 4.79 Å². The molecule has 3 heteroatoms. The Bertz CT molecular complexity index is 391. The van der Waals surface area contributed by atoms with Crippen LogP contribution in [0.3, 0.4) is 0 Å². The molecule has 1 aliphatic heterocycles. The largest absolute Gasteiger partial charge is 0.376 e. The molecule has 0 aliphatic carbocycles. The monoisotopic (exact) mass is 261 g/mol. The maximum Gasteiger partial charge on any atom is 0.220 e. The van der Waals surface area contributed by atoms with Gasteiger partial charge >= 0.3 is 0 Å². The van der Waals surface area contributed by atoms with Gasteiger partial charge in [0.2, 0.25) is 5.91 Å². The molecule has 2 atom stereocenters. The Morgan fingerprint density at radius 2 is 2.05 bits per heavy atom. The van der Waals surface area contributed by atoms with Crippen molar-refractivity contribution in [3.63, 3.8) is 0 Å². The van der Waals surface area contributed by atoms with Crippen molar-refractivity contribution in [1.82, 2.24) is 5.32 Å². The van der Waals surface area contributed by atoms with Crippen molar-refractivity contribution in [2.75, 3.05) is 13.2 Å². The van der Waals surface area contributed by atoms with Crippen LogP contribution in [0.4, 0.5) is 0 Å². The summed E-state index contributed by atoms with van der Waals surface area (Å²) in [5.41, 5.74) is 1.19.